The first-order valence-electron chi connectivity index (χ1n) is 2.97. The van der Waals surface area contributed by atoms with Crippen molar-refractivity contribution in [2.45, 2.75) is 0 Å². The number of aromatic hydroxyl groups is 2. The van der Waals surface area contributed by atoms with Gasteiger partial charge in [0.1, 0.15) is 5.84 Å². The smallest absolute Gasteiger partial charge is 0.158 e. The summed E-state index contributed by atoms with van der Waals surface area (Å²) in [4.78, 5) is 0. The summed E-state index contributed by atoms with van der Waals surface area (Å²) in [5.74, 6) is -0.618. The number of nitrogens with one attached hydrogen (secondary N) is 1. The van der Waals surface area contributed by atoms with Gasteiger partial charge in [-0.3, -0.25) is 5.41 Å². The Bertz CT molecular complexity index is 301. The molecule has 0 unspecified atom stereocenters. The molecule has 0 aliphatic carbocycles. The second-order valence-corrected chi connectivity index (χ2v) is 2.12. The number of phenolic OH excluding ortho intramolecular Hbond substituents is 2. The fourth-order valence-electron chi connectivity index (χ4n) is 0.691. The van der Waals surface area contributed by atoms with Crippen molar-refractivity contribution in [2.75, 3.05) is 0 Å². The largest absolute Gasteiger partial charge is 0.504 e. The highest BCUT2D eigenvalue weighted by Gasteiger charge is 2.01. The molecule has 0 heterocycles. The molecule has 12 heavy (non-hydrogen) atoms. The molecule has 1 aromatic rings. The third-order valence-electron chi connectivity index (χ3n) is 1.29. The molecule has 5 heteroatoms. The van der Waals surface area contributed by atoms with Crippen LogP contribution < -0.4 is 5.73 Å². The quantitative estimate of drug-likeness (QED) is 0.299. The van der Waals surface area contributed by atoms with E-state index in [-0.39, 0.29) is 29.7 Å². The highest BCUT2D eigenvalue weighted by Crippen LogP contribution is 2.24. The van der Waals surface area contributed by atoms with Gasteiger partial charge < -0.3 is 15.9 Å². The van der Waals surface area contributed by atoms with Crippen LogP contribution in [-0.2, 0) is 0 Å². The van der Waals surface area contributed by atoms with Crippen LogP contribution in [0.3, 0.4) is 0 Å². The zero-order valence-electron chi connectivity index (χ0n) is 6.11. The Morgan fingerprint density at radius 1 is 1.25 bits per heavy atom. The molecule has 0 aromatic heterocycles. The summed E-state index contributed by atoms with van der Waals surface area (Å²) in [6.07, 6.45) is 0. The van der Waals surface area contributed by atoms with Crippen molar-refractivity contribution in [3.63, 3.8) is 0 Å². The van der Waals surface area contributed by atoms with Crippen molar-refractivity contribution >= 4 is 18.2 Å². The number of halogens is 1. The Balaban J connectivity index is 0.00000121. The predicted octanol–water partition coefficient (Wildman–Crippen LogP) is 0.804. The number of hydrogen-bond donors (Lipinski definition) is 4. The molecular weight excluding hydrogens is 180 g/mol. The molecule has 0 saturated carbocycles. The van der Waals surface area contributed by atoms with Crippen molar-refractivity contribution in [1.29, 1.82) is 5.41 Å². The maximum Gasteiger partial charge on any atom is 0.158 e. The number of hydrogen-bond acceptors (Lipinski definition) is 3. The van der Waals surface area contributed by atoms with Crippen molar-refractivity contribution in [2.24, 2.45) is 5.73 Å². The predicted molar refractivity (Wildman–Crippen MR) is 48.0 cm³/mol. The fourth-order valence-corrected chi connectivity index (χ4v) is 0.691. The molecule has 0 radical (unpaired) electrons. The number of rotatable bonds is 1. The van der Waals surface area contributed by atoms with Crippen LogP contribution in [-0.4, -0.2) is 16.0 Å². The minimum Gasteiger partial charge on any atom is -0.504 e. The second-order valence-electron chi connectivity index (χ2n) is 2.12. The lowest BCUT2D eigenvalue weighted by Gasteiger charge is -1.99. The van der Waals surface area contributed by atoms with E-state index in [1.165, 1.54) is 18.2 Å². The van der Waals surface area contributed by atoms with Crippen molar-refractivity contribution < 1.29 is 10.2 Å². The first kappa shape index (κ1) is 10.6. The first-order valence-corrected chi connectivity index (χ1v) is 2.97. The van der Waals surface area contributed by atoms with Crippen molar-refractivity contribution in [3.05, 3.63) is 23.8 Å². The van der Waals surface area contributed by atoms with E-state index in [4.69, 9.17) is 21.4 Å². The van der Waals surface area contributed by atoms with Gasteiger partial charge >= 0.3 is 0 Å². The summed E-state index contributed by atoms with van der Waals surface area (Å²) in [6.45, 7) is 0. The van der Waals surface area contributed by atoms with Crippen LogP contribution in [0.25, 0.3) is 0 Å². The lowest BCUT2D eigenvalue weighted by molar-refractivity contribution is 0.403. The van der Waals surface area contributed by atoms with Crippen LogP contribution in [0.4, 0.5) is 0 Å². The molecule has 0 spiro atoms. The highest BCUT2D eigenvalue weighted by atomic mass is 35.5. The molecule has 0 atom stereocenters. The van der Waals surface area contributed by atoms with Gasteiger partial charge in [0.05, 0.1) is 0 Å². The minimum absolute atomic E-state index is 0. The first-order chi connectivity index (χ1) is 5.11. The zero-order valence-corrected chi connectivity index (χ0v) is 6.93. The highest BCUT2D eigenvalue weighted by molar-refractivity contribution is 5.95. The van der Waals surface area contributed by atoms with E-state index >= 15 is 0 Å². The normalized spacial score (nSPS) is 8.67. The van der Waals surface area contributed by atoms with Crippen LogP contribution >= 0.6 is 12.4 Å². The van der Waals surface area contributed by atoms with Crippen LogP contribution in [0.15, 0.2) is 18.2 Å². The van der Waals surface area contributed by atoms with Crippen molar-refractivity contribution in [3.8, 4) is 11.5 Å². The van der Waals surface area contributed by atoms with E-state index in [1.807, 2.05) is 0 Å². The molecule has 0 aliphatic heterocycles. The van der Waals surface area contributed by atoms with Gasteiger partial charge in [0.25, 0.3) is 0 Å². The number of amidine groups is 1. The number of benzene rings is 1. The SMILES string of the molecule is Cl.N=C(N)c1ccc(O)c(O)c1. The third-order valence-corrected chi connectivity index (χ3v) is 1.29. The van der Waals surface area contributed by atoms with Crippen LogP contribution in [0.1, 0.15) is 5.56 Å². The fraction of sp³-hybridized carbons (Fsp3) is 0. The van der Waals surface area contributed by atoms with Gasteiger partial charge in [-0.15, -0.1) is 12.4 Å². The summed E-state index contributed by atoms with van der Waals surface area (Å²) < 4.78 is 0. The van der Waals surface area contributed by atoms with Crippen LogP contribution in [0.2, 0.25) is 0 Å². The topological polar surface area (TPSA) is 90.3 Å². The second kappa shape index (κ2) is 3.82. The van der Waals surface area contributed by atoms with Gasteiger partial charge in [-0.2, -0.15) is 0 Å². The molecule has 1 aromatic carbocycles. The zero-order chi connectivity index (χ0) is 8.43. The average Bonchev–Trinajstić information content (AvgIpc) is 1.94. The molecule has 0 aliphatic rings. The van der Waals surface area contributed by atoms with E-state index in [0.29, 0.717) is 5.56 Å². The number of phenols is 2. The summed E-state index contributed by atoms with van der Waals surface area (Å²) in [7, 11) is 0. The van der Waals surface area contributed by atoms with E-state index in [2.05, 4.69) is 0 Å². The molecule has 1 rings (SSSR count). The van der Waals surface area contributed by atoms with Gasteiger partial charge in [0, 0.05) is 5.56 Å². The standard InChI is InChI=1S/C7H8N2O2.ClH/c8-7(9)4-1-2-5(10)6(11)3-4;/h1-3,10-11H,(H3,8,9);1H. The molecular formula is C7H9ClN2O2. The lowest BCUT2D eigenvalue weighted by Crippen LogP contribution is -2.10. The Morgan fingerprint density at radius 3 is 2.25 bits per heavy atom. The van der Waals surface area contributed by atoms with Crippen LogP contribution in [0, 0.1) is 5.41 Å². The summed E-state index contributed by atoms with van der Waals surface area (Å²) in [5.41, 5.74) is 5.51. The van der Waals surface area contributed by atoms with Gasteiger partial charge in [0.2, 0.25) is 0 Å². The molecule has 0 amide bonds. The van der Waals surface area contributed by atoms with Crippen LogP contribution in [0.5, 0.6) is 11.5 Å². The Hall–Kier alpha value is -1.42. The van der Waals surface area contributed by atoms with E-state index < -0.39 is 0 Å². The molecule has 0 fully saturated rings. The van der Waals surface area contributed by atoms with E-state index in [0.717, 1.165) is 0 Å². The summed E-state index contributed by atoms with van der Waals surface area (Å²) >= 11 is 0. The maximum absolute atomic E-state index is 8.95. The van der Waals surface area contributed by atoms with Gasteiger partial charge in [-0.1, -0.05) is 0 Å². The Labute approximate surface area is 75.6 Å². The van der Waals surface area contributed by atoms with Gasteiger partial charge in [-0.25, -0.2) is 0 Å². The minimum atomic E-state index is -0.266. The Morgan fingerprint density at radius 2 is 1.83 bits per heavy atom. The van der Waals surface area contributed by atoms with Gasteiger partial charge in [-0.05, 0) is 18.2 Å². The van der Waals surface area contributed by atoms with E-state index in [9.17, 15) is 0 Å². The summed E-state index contributed by atoms with van der Waals surface area (Å²) in [6, 6.07) is 3.97. The van der Waals surface area contributed by atoms with E-state index in [1.54, 1.807) is 0 Å². The number of nitrogen functional groups attached to an aromatic ring is 1. The molecule has 5 N–H and O–H groups in total. The van der Waals surface area contributed by atoms with Gasteiger partial charge in [0.15, 0.2) is 11.5 Å². The molecule has 0 bridgehead atoms. The molecule has 4 nitrogen and oxygen atoms in total. The average molecular weight is 189 g/mol. The molecule has 66 valence electrons. The lowest BCUT2D eigenvalue weighted by atomic mass is 10.2. The Kier molecular flexibility index (Phi) is 3.37. The summed E-state index contributed by atoms with van der Waals surface area (Å²) in [5, 5.41) is 24.8. The monoisotopic (exact) mass is 188 g/mol. The molecule has 0 saturated heterocycles. The van der Waals surface area contributed by atoms with Crippen molar-refractivity contribution in [1.82, 2.24) is 0 Å². The number of nitrogens with two attached hydrogens (primary N) is 1. The third kappa shape index (κ3) is 2.03. The maximum atomic E-state index is 8.95.